The van der Waals surface area contributed by atoms with Gasteiger partial charge in [0.2, 0.25) is 0 Å². The second-order valence-corrected chi connectivity index (χ2v) is 3.21. The second-order valence-electron chi connectivity index (χ2n) is 3.21. The molecule has 0 aliphatic carbocycles. The lowest BCUT2D eigenvalue weighted by Gasteiger charge is -2.06. The number of terminal acetylenes is 1. The van der Waals surface area contributed by atoms with Crippen LogP contribution in [0.5, 0.6) is 0 Å². The van der Waals surface area contributed by atoms with E-state index >= 15 is 0 Å². The largest absolute Gasteiger partial charge is 0.465 e. The quantitative estimate of drug-likeness (QED) is 0.376. The van der Waals surface area contributed by atoms with Crippen LogP contribution in [-0.2, 0) is 9.53 Å². The molecular weight excluding hydrogens is 166 g/mol. The van der Waals surface area contributed by atoms with E-state index in [4.69, 9.17) is 11.2 Å². The number of rotatable bonds is 6. The Morgan fingerprint density at radius 3 is 2.85 bits per heavy atom. The number of nitrogens with one attached hydrogen (secondary N) is 1. The van der Waals surface area contributed by atoms with Gasteiger partial charge >= 0.3 is 5.97 Å². The summed E-state index contributed by atoms with van der Waals surface area (Å²) in [5.41, 5.74) is 0. The van der Waals surface area contributed by atoms with E-state index < -0.39 is 0 Å². The number of hydrogen-bond acceptors (Lipinski definition) is 3. The molecular formula is C10H17NO2. The van der Waals surface area contributed by atoms with Crippen molar-refractivity contribution in [1.29, 1.82) is 0 Å². The van der Waals surface area contributed by atoms with Crippen molar-refractivity contribution in [3.63, 3.8) is 0 Å². The Balaban J connectivity index is 3.26. The van der Waals surface area contributed by atoms with Gasteiger partial charge in [-0.05, 0) is 12.3 Å². The van der Waals surface area contributed by atoms with Gasteiger partial charge in [-0.2, -0.15) is 0 Å². The minimum atomic E-state index is -0.240. The highest BCUT2D eigenvalue weighted by Crippen LogP contribution is 1.98. The van der Waals surface area contributed by atoms with Crippen molar-refractivity contribution in [2.75, 3.05) is 19.7 Å². The predicted molar refractivity (Wildman–Crippen MR) is 52.1 cm³/mol. The average molecular weight is 183 g/mol. The molecule has 0 radical (unpaired) electrons. The summed E-state index contributed by atoms with van der Waals surface area (Å²) in [6.07, 6.45) is 5.89. The fourth-order valence-electron chi connectivity index (χ4n) is 0.696. The first-order chi connectivity index (χ1) is 6.16. The van der Waals surface area contributed by atoms with Crippen LogP contribution < -0.4 is 5.32 Å². The zero-order chi connectivity index (χ0) is 10.1. The SMILES string of the molecule is C#CCNCC(=O)OCCC(C)C. The van der Waals surface area contributed by atoms with Crippen LogP contribution in [0, 0.1) is 18.3 Å². The molecule has 3 nitrogen and oxygen atoms in total. The zero-order valence-corrected chi connectivity index (χ0v) is 8.30. The molecule has 3 heteroatoms. The molecule has 0 amide bonds. The Bertz CT molecular complexity index is 182. The van der Waals surface area contributed by atoms with Gasteiger partial charge in [0, 0.05) is 0 Å². The van der Waals surface area contributed by atoms with E-state index in [1.165, 1.54) is 0 Å². The smallest absolute Gasteiger partial charge is 0.319 e. The predicted octanol–water partition coefficient (Wildman–Crippen LogP) is 0.798. The highest BCUT2D eigenvalue weighted by molar-refractivity contribution is 5.71. The lowest BCUT2D eigenvalue weighted by molar-refractivity contribution is -0.142. The summed E-state index contributed by atoms with van der Waals surface area (Å²) in [4.78, 5) is 10.9. The summed E-state index contributed by atoms with van der Waals surface area (Å²) in [5.74, 6) is 2.70. The molecule has 74 valence electrons. The third-order valence-corrected chi connectivity index (χ3v) is 1.45. The number of carbonyl (C=O) groups excluding carboxylic acids is 1. The summed E-state index contributed by atoms with van der Waals surface area (Å²) >= 11 is 0. The Labute approximate surface area is 79.8 Å². The fourth-order valence-corrected chi connectivity index (χ4v) is 0.696. The van der Waals surface area contributed by atoms with Gasteiger partial charge in [0.15, 0.2) is 0 Å². The molecule has 0 unspecified atom stereocenters. The van der Waals surface area contributed by atoms with Gasteiger partial charge in [-0.15, -0.1) is 6.42 Å². The monoisotopic (exact) mass is 183 g/mol. The van der Waals surface area contributed by atoms with Gasteiger partial charge in [0.05, 0.1) is 19.7 Å². The van der Waals surface area contributed by atoms with E-state index in [2.05, 4.69) is 25.1 Å². The molecule has 0 aromatic carbocycles. The minimum Gasteiger partial charge on any atom is -0.465 e. The highest BCUT2D eigenvalue weighted by atomic mass is 16.5. The summed E-state index contributed by atoms with van der Waals surface area (Å²) in [5, 5.41) is 2.76. The van der Waals surface area contributed by atoms with E-state index in [1.807, 2.05) is 0 Å². The molecule has 0 saturated heterocycles. The van der Waals surface area contributed by atoms with Crippen LogP contribution in [-0.4, -0.2) is 25.7 Å². The molecule has 0 aromatic heterocycles. The third kappa shape index (κ3) is 8.90. The van der Waals surface area contributed by atoms with E-state index in [9.17, 15) is 4.79 Å². The van der Waals surface area contributed by atoms with Crippen LogP contribution >= 0.6 is 0 Å². The van der Waals surface area contributed by atoms with Crippen molar-refractivity contribution in [2.45, 2.75) is 20.3 Å². The minimum absolute atomic E-state index is 0.197. The fraction of sp³-hybridized carbons (Fsp3) is 0.700. The van der Waals surface area contributed by atoms with Crippen molar-refractivity contribution in [3.05, 3.63) is 0 Å². The lowest BCUT2D eigenvalue weighted by Crippen LogP contribution is -2.25. The number of carbonyl (C=O) groups is 1. The topological polar surface area (TPSA) is 38.3 Å². The van der Waals surface area contributed by atoms with Gasteiger partial charge in [-0.25, -0.2) is 0 Å². The molecule has 0 bridgehead atoms. The Hall–Kier alpha value is -1.01. The molecule has 0 spiro atoms. The summed E-state index contributed by atoms with van der Waals surface area (Å²) < 4.78 is 4.93. The number of ether oxygens (including phenoxy) is 1. The zero-order valence-electron chi connectivity index (χ0n) is 8.30. The van der Waals surface area contributed by atoms with Gasteiger partial charge in [-0.1, -0.05) is 19.8 Å². The molecule has 0 fully saturated rings. The van der Waals surface area contributed by atoms with Crippen molar-refractivity contribution in [1.82, 2.24) is 5.32 Å². The summed E-state index contributed by atoms with van der Waals surface area (Å²) in [6, 6.07) is 0. The van der Waals surface area contributed by atoms with Crippen molar-refractivity contribution >= 4 is 5.97 Å². The maximum absolute atomic E-state index is 10.9. The van der Waals surface area contributed by atoms with E-state index in [0.29, 0.717) is 19.1 Å². The lowest BCUT2D eigenvalue weighted by atomic mass is 10.1. The number of esters is 1. The normalized spacial score (nSPS) is 9.69. The van der Waals surface area contributed by atoms with Crippen LogP contribution in [0.4, 0.5) is 0 Å². The standard InChI is InChI=1S/C10H17NO2/c1-4-6-11-8-10(12)13-7-5-9(2)3/h1,9,11H,5-8H2,2-3H3. The highest BCUT2D eigenvalue weighted by Gasteiger charge is 2.01. The Kier molecular flexibility index (Phi) is 7.04. The van der Waals surface area contributed by atoms with Crippen molar-refractivity contribution < 1.29 is 9.53 Å². The first-order valence-corrected chi connectivity index (χ1v) is 4.46. The molecule has 0 aromatic rings. The van der Waals surface area contributed by atoms with Crippen molar-refractivity contribution in [2.24, 2.45) is 5.92 Å². The molecule has 0 aliphatic heterocycles. The van der Waals surface area contributed by atoms with Crippen LogP contribution in [0.1, 0.15) is 20.3 Å². The third-order valence-electron chi connectivity index (χ3n) is 1.45. The average Bonchev–Trinajstić information content (AvgIpc) is 2.04. The van der Waals surface area contributed by atoms with Gasteiger partial charge in [-0.3, -0.25) is 10.1 Å². The first kappa shape index (κ1) is 12.0. The van der Waals surface area contributed by atoms with E-state index in [0.717, 1.165) is 6.42 Å². The maximum atomic E-state index is 10.9. The van der Waals surface area contributed by atoms with Crippen molar-refractivity contribution in [3.8, 4) is 12.3 Å². The van der Waals surface area contributed by atoms with Gasteiger partial charge in [0.1, 0.15) is 0 Å². The van der Waals surface area contributed by atoms with Crippen LogP contribution in [0.3, 0.4) is 0 Å². The summed E-state index contributed by atoms with van der Waals surface area (Å²) in [6.45, 7) is 5.27. The Morgan fingerprint density at radius 2 is 2.31 bits per heavy atom. The summed E-state index contributed by atoms with van der Waals surface area (Å²) in [7, 11) is 0. The van der Waals surface area contributed by atoms with E-state index in [1.54, 1.807) is 0 Å². The van der Waals surface area contributed by atoms with Gasteiger partial charge < -0.3 is 4.74 Å². The second kappa shape index (κ2) is 7.63. The number of hydrogen-bond donors (Lipinski definition) is 1. The van der Waals surface area contributed by atoms with E-state index in [-0.39, 0.29) is 12.5 Å². The molecule has 13 heavy (non-hydrogen) atoms. The molecule has 0 atom stereocenters. The van der Waals surface area contributed by atoms with Crippen LogP contribution in [0.2, 0.25) is 0 Å². The van der Waals surface area contributed by atoms with Gasteiger partial charge in [0.25, 0.3) is 0 Å². The van der Waals surface area contributed by atoms with Crippen LogP contribution in [0.15, 0.2) is 0 Å². The first-order valence-electron chi connectivity index (χ1n) is 4.46. The molecule has 1 N–H and O–H groups in total. The maximum Gasteiger partial charge on any atom is 0.319 e. The molecule has 0 aliphatic rings. The van der Waals surface area contributed by atoms with Crippen LogP contribution in [0.25, 0.3) is 0 Å². The Morgan fingerprint density at radius 1 is 1.62 bits per heavy atom. The molecule has 0 rings (SSSR count). The molecule has 0 heterocycles. The molecule has 0 saturated carbocycles.